The minimum absolute atomic E-state index is 0.622. The van der Waals surface area contributed by atoms with Gasteiger partial charge in [0.2, 0.25) is 11.9 Å². The summed E-state index contributed by atoms with van der Waals surface area (Å²) in [7, 11) is 1.83. The molecule has 7 nitrogen and oxygen atoms in total. The Morgan fingerprint density at radius 1 is 1.19 bits per heavy atom. The van der Waals surface area contributed by atoms with Gasteiger partial charge < -0.3 is 14.8 Å². The monoisotopic (exact) mass is 287 g/mol. The minimum atomic E-state index is 0.622. The van der Waals surface area contributed by atoms with E-state index >= 15 is 0 Å². The highest BCUT2D eigenvalue weighted by Crippen LogP contribution is 2.17. The van der Waals surface area contributed by atoms with Crippen LogP contribution in [0.1, 0.15) is 31.4 Å². The zero-order valence-corrected chi connectivity index (χ0v) is 12.6. The van der Waals surface area contributed by atoms with Gasteiger partial charge in [-0.2, -0.15) is 15.0 Å². The van der Waals surface area contributed by atoms with Crippen LogP contribution in [0.2, 0.25) is 0 Å². The average molecular weight is 287 g/mol. The van der Waals surface area contributed by atoms with Gasteiger partial charge in [-0.05, 0) is 19.8 Å². The zero-order valence-electron chi connectivity index (χ0n) is 12.6. The maximum atomic E-state index is 4.62. The van der Waals surface area contributed by atoms with Gasteiger partial charge in [-0.3, -0.25) is 0 Å². The molecular weight excluding hydrogens is 266 g/mol. The second-order valence-corrected chi connectivity index (χ2v) is 5.13. The molecule has 1 aliphatic rings. The molecule has 0 atom stereocenters. The van der Waals surface area contributed by atoms with Gasteiger partial charge in [-0.1, -0.05) is 0 Å². The SMILES string of the molecule is CCn1ccnc1Cc1nc(NC)nc(N2CCCC2)n1. The van der Waals surface area contributed by atoms with Gasteiger partial charge in [-0.15, -0.1) is 0 Å². The van der Waals surface area contributed by atoms with Crippen molar-refractivity contribution in [1.82, 2.24) is 24.5 Å². The highest BCUT2D eigenvalue weighted by Gasteiger charge is 2.17. The number of rotatable bonds is 5. The maximum absolute atomic E-state index is 4.62. The lowest BCUT2D eigenvalue weighted by Crippen LogP contribution is -2.22. The van der Waals surface area contributed by atoms with Crippen LogP contribution in [-0.2, 0) is 13.0 Å². The largest absolute Gasteiger partial charge is 0.357 e. The van der Waals surface area contributed by atoms with Crippen molar-refractivity contribution < 1.29 is 0 Å². The Hall–Kier alpha value is -2.18. The molecule has 2 aromatic rings. The number of nitrogens with zero attached hydrogens (tertiary/aromatic N) is 6. The molecule has 0 aromatic carbocycles. The van der Waals surface area contributed by atoms with Crippen molar-refractivity contribution >= 4 is 11.9 Å². The van der Waals surface area contributed by atoms with Gasteiger partial charge in [0, 0.05) is 39.1 Å². The molecule has 1 N–H and O–H groups in total. The molecule has 0 unspecified atom stereocenters. The number of nitrogens with one attached hydrogen (secondary N) is 1. The molecular formula is C14H21N7. The van der Waals surface area contributed by atoms with Crippen molar-refractivity contribution in [3.63, 3.8) is 0 Å². The topological polar surface area (TPSA) is 71.8 Å². The summed E-state index contributed by atoms with van der Waals surface area (Å²) in [6, 6.07) is 0. The second kappa shape index (κ2) is 6.07. The third kappa shape index (κ3) is 2.96. The van der Waals surface area contributed by atoms with E-state index in [9.17, 15) is 0 Å². The van der Waals surface area contributed by atoms with Crippen LogP contribution in [0.3, 0.4) is 0 Å². The minimum Gasteiger partial charge on any atom is -0.357 e. The molecule has 1 aliphatic heterocycles. The third-order valence-electron chi connectivity index (χ3n) is 3.74. The molecule has 0 saturated carbocycles. The molecule has 7 heteroatoms. The van der Waals surface area contributed by atoms with E-state index < -0.39 is 0 Å². The molecule has 0 spiro atoms. The van der Waals surface area contributed by atoms with E-state index in [0.29, 0.717) is 12.4 Å². The fourth-order valence-corrected chi connectivity index (χ4v) is 2.59. The number of hydrogen-bond acceptors (Lipinski definition) is 6. The molecule has 21 heavy (non-hydrogen) atoms. The first kappa shape index (κ1) is 13.8. The Morgan fingerprint density at radius 3 is 2.71 bits per heavy atom. The van der Waals surface area contributed by atoms with Gasteiger partial charge in [0.25, 0.3) is 0 Å². The number of aryl methyl sites for hydroxylation is 1. The van der Waals surface area contributed by atoms with Crippen molar-refractivity contribution in [2.24, 2.45) is 0 Å². The Bertz CT molecular complexity index is 601. The Kier molecular flexibility index (Phi) is 3.98. The summed E-state index contributed by atoms with van der Waals surface area (Å²) in [5.74, 6) is 3.14. The smallest absolute Gasteiger partial charge is 0.230 e. The summed E-state index contributed by atoms with van der Waals surface area (Å²) in [6.45, 7) is 5.05. The summed E-state index contributed by atoms with van der Waals surface area (Å²) >= 11 is 0. The van der Waals surface area contributed by atoms with Crippen molar-refractivity contribution in [1.29, 1.82) is 0 Å². The molecule has 3 heterocycles. The molecule has 1 fully saturated rings. The zero-order chi connectivity index (χ0) is 14.7. The van der Waals surface area contributed by atoms with Crippen LogP contribution < -0.4 is 10.2 Å². The predicted octanol–water partition coefficient (Wildman–Crippen LogP) is 1.32. The molecule has 2 aromatic heterocycles. The normalized spacial score (nSPS) is 14.7. The van der Waals surface area contributed by atoms with Crippen molar-refractivity contribution in [2.45, 2.75) is 32.7 Å². The van der Waals surface area contributed by atoms with Crippen LogP contribution in [0.5, 0.6) is 0 Å². The first-order valence-corrected chi connectivity index (χ1v) is 7.48. The summed E-state index contributed by atoms with van der Waals surface area (Å²) in [6.07, 6.45) is 6.84. The number of aromatic nitrogens is 5. The second-order valence-electron chi connectivity index (χ2n) is 5.13. The van der Waals surface area contributed by atoms with Crippen LogP contribution in [0.25, 0.3) is 0 Å². The van der Waals surface area contributed by atoms with E-state index in [1.165, 1.54) is 12.8 Å². The summed E-state index contributed by atoms with van der Waals surface area (Å²) in [4.78, 5) is 20.2. The Labute approximate surface area is 124 Å². The number of anilines is 2. The molecule has 0 bridgehead atoms. The molecule has 0 radical (unpaired) electrons. The van der Waals surface area contributed by atoms with Crippen LogP contribution in [0, 0.1) is 0 Å². The highest BCUT2D eigenvalue weighted by molar-refractivity contribution is 5.37. The lowest BCUT2D eigenvalue weighted by atomic mass is 10.3. The fourth-order valence-electron chi connectivity index (χ4n) is 2.59. The van der Waals surface area contributed by atoms with Crippen molar-refractivity contribution in [2.75, 3.05) is 30.4 Å². The first-order chi connectivity index (χ1) is 10.3. The van der Waals surface area contributed by atoms with Gasteiger partial charge in [0.15, 0.2) is 0 Å². The molecule has 0 amide bonds. The molecule has 3 rings (SSSR count). The fraction of sp³-hybridized carbons (Fsp3) is 0.571. The predicted molar refractivity (Wildman–Crippen MR) is 81.5 cm³/mol. The van der Waals surface area contributed by atoms with Crippen molar-refractivity contribution in [3.05, 3.63) is 24.0 Å². The average Bonchev–Trinajstić information content (AvgIpc) is 3.18. The van der Waals surface area contributed by atoms with Gasteiger partial charge in [0.05, 0.1) is 6.42 Å². The van der Waals surface area contributed by atoms with E-state index in [0.717, 1.165) is 37.2 Å². The van der Waals surface area contributed by atoms with Gasteiger partial charge in [0.1, 0.15) is 11.6 Å². The summed E-state index contributed by atoms with van der Waals surface area (Å²) in [5, 5.41) is 3.02. The van der Waals surface area contributed by atoms with Gasteiger partial charge >= 0.3 is 0 Å². The molecule has 1 saturated heterocycles. The summed E-state index contributed by atoms with van der Waals surface area (Å²) < 4.78 is 2.11. The molecule has 112 valence electrons. The van der Waals surface area contributed by atoms with E-state index in [1.54, 1.807) is 0 Å². The number of imidazole rings is 1. The lowest BCUT2D eigenvalue weighted by molar-refractivity contribution is 0.700. The van der Waals surface area contributed by atoms with Crippen LogP contribution in [-0.4, -0.2) is 44.6 Å². The van der Waals surface area contributed by atoms with Crippen LogP contribution in [0.4, 0.5) is 11.9 Å². The Morgan fingerprint density at radius 2 is 2.00 bits per heavy atom. The number of hydrogen-bond donors (Lipinski definition) is 1. The quantitative estimate of drug-likeness (QED) is 0.894. The summed E-state index contributed by atoms with van der Waals surface area (Å²) in [5.41, 5.74) is 0. The highest BCUT2D eigenvalue weighted by atomic mass is 15.3. The van der Waals surface area contributed by atoms with Gasteiger partial charge in [-0.25, -0.2) is 4.98 Å². The standard InChI is InChI=1S/C14H21N7/c1-3-20-9-6-16-12(20)10-11-17-13(15-2)19-14(18-11)21-7-4-5-8-21/h6,9H,3-5,7-8,10H2,1-2H3,(H,15,17,18,19). The Balaban J connectivity index is 1.88. The van der Waals surface area contributed by atoms with E-state index in [4.69, 9.17) is 0 Å². The van der Waals surface area contributed by atoms with E-state index in [-0.39, 0.29) is 0 Å². The maximum Gasteiger partial charge on any atom is 0.230 e. The third-order valence-corrected chi connectivity index (χ3v) is 3.74. The molecule has 0 aliphatic carbocycles. The van der Waals surface area contributed by atoms with E-state index in [1.807, 2.05) is 19.4 Å². The van der Waals surface area contributed by atoms with E-state index in [2.05, 4.69) is 41.6 Å². The first-order valence-electron chi connectivity index (χ1n) is 7.48. The van der Waals surface area contributed by atoms with Crippen molar-refractivity contribution in [3.8, 4) is 0 Å². The lowest BCUT2D eigenvalue weighted by Gasteiger charge is -2.16. The van der Waals surface area contributed by atoms with Crippen LogP contribution >= 0.6 is 0 Å². The van der Waals surface area contributed by atoms with Crippen LogP contribution in [0.15, 0.2) is 12.4 Å².